The maximum absolute atomic E-state index is 12.3. The van der Waals surface area contributed by atoms with E-state index in [1.807, 2.05) is 40.7 Å². The molecule has 2 aromatic rings. The van der Waals surface area contributed by atoms with Crippen molar-refractivity contribution in [1.82, 2.24) is 0 Å². The van der Waals surface area contributed by atoms with Gasteiger partial charge in [-0.1, -0.05) is 6.07 Å². The summed E-state index contributed by atoms with van der Waals surface area (Å²) < 4.78 is 10.8. The number of ether oxygens (including phenoxy) is 2. The molecule has 2 rings (SSSR count). The van der Waals surface area contributed by atoms with Gasteiger partial charge in [0.25, 0.3) is 5.91 Å². The topological polar surface area (TPSA) is 64.6 Å². The summed E-state index contributed by atoms with van der Waals surface area (Å²) in [5.74, 6) is -0.0344. The van der Waals surface area contributed by atoms with Gasteiger partial charge in [0.15, 0.2) is 6.61 Å². The van der Waals surface area contributed by atoms with Crippen LogP contribution in [0.5, 0.6) is 5.75 Å². The van der Waals surface area contributed by atoms with E-state index in [0.29, 0.717) is 16.3 Å². The molecule has 1 aromatic carbocycles. The van der Waals surface area contributed by atoms with Gasteiger partial charge in [-0.15, -0.1) is 11.3 Å². The third-order valence-corrected chi connectivity index (χ3v) is 5.36. The molecule has 0 aliphatic heterocycles. The van der Waals surface area contributed by atoms with Crippen LogP contribution in [0.15, 0.2) is 12.1 Å². The number of nitrogens with one attached hydrogen (secondary N) is 1. The molecule has 1 amide bonds. The third-order valence-electron chi connectivity index (χ3n) is 4.24. The highest BCUT2D eigenvalue weighted by atomic mass is 32.1. The van der Waals surface area contributed by atoms with Crippen molar-refractivity contribution >= 4 is 28.2 Å². The van der Waals surface area contributed by atoms with Gasteiger partial charge in [0.1, 0.15) is 10.8 Å². The lowest BCUT2D eigenvalue weighted by Crippen LogP contribution is -2.21. The molecule has 1 aromatic heterocycles. The van der Waals surface area contributed by atoms with Crippen LogP contribution in [-0.4, -0.2) is 25.1 Å². The van der Waals surface area contributed by atoms with E-state index in [-0.39, 0.29) is 19.1 Å². The summed E-state index contributed by atoms with van der Waals surface area (Å²) in [5, 5.41) is 3.29. The van der Waals surface area contributed by atoms with Crippen molar-refractivity contribution < 1.29 is 19.1 Å². The highest BCUT2D eigenvalue weighted by Crippen LogP contribution is 2.33. The molecule has 5 nitrogen and oxygen atoms in total. The molecule has 0 unspecified atom stereocenters. The Morgan fingerprint density at radius 3 is 2.42 bits per heavy atom. The van der Waals surface area contributed by atoms with E-state index in [4.69, 9.17) is 9.47 Å². The van der Waals surface area contributed by atoms with Gasteiger partial charge in [0.2, 0.25) is 0 Å². The molecule has 140 valence electrons. The lowest BCUT2D eigenvalue weighted by atomic mass is 10.1. The Labute approximate surface area is 158 Å². The molecule has 0 bridgehead atoms. The molecule has 0 saturated carbocycles. The fraction of sp³-hybridized carbons (Fsp3) is 0.400. The highest BCUT2D eigenvalue weighted by Gasteiger charge is 2.22. The van der Waals surface area contributed by atoms with Gasteiger partial charge in [-0.05, 0) is 69.9 Å². The fourth-order valence-electron chi connectivity index (χ4n) is 2.62. The van der Waals surface area contributed by atoms with E-state index < -0.39 is 5.97 Å². The van der Waals surface area contributed by atoms with E-state index in [9.17, 15) is 9.59 Å². The quantitative estimate of drug-likeness (QED) is 0.756. The predicted molar refractivity (Wildman–Crippen MR) is 105 cm³/mol. The maximum Gasteiger partial charge on any atom is 0.341 e. The first-order valence-electron chi connectivity index (χ1n) is 8.52. The third kappa shape index (κ3) is 4.43. The van der Waals surface area contributed by atoms with Gasteiger partial charge >= 0.3 is 5.97 Å². The molecule has 0 fully saturated rings. The molecular formula is C20H25NO4S. The van der Waals surface area contributed by atoms with Crippen molar-refractivity contribution in [3.05, 3.63) is 44.8 Å². The lowest BCUT2D eigenvalue weighted by Gasteiger charge is -2.12. The van der Waals surface area contributed by atoms with Crippen molar-refractivity contribution in [3.8, 4) is 5.75 Å². The molecular weight excluding hydrogens is 350 g/mol. The predicted octanol–water partition coefficient (Wildman–Crippen LogP) is 4.48. The highest BCUT2D eigenvalue weighted by molar-refractivity contribution is 7.16. The van der Waals surface area contributed by atoms with Crippen molar-refractivity contribution in [2.75, 3.05) is 18.5 Å². The number of benzene rings is 1. The van der Waals surface area contributed by atoms with E-state index in [2.05, 4.69) is 11.4 Å². The number of thiophene rings is 1. The molecule has 26 heavy (non-hydrogen) atoms. The fourth-order valence-corrected chi connectivity index (χ4v) is 3.69. The average molecular weight is 375 g/mol. The van der Waals surface area contributed by atoms with Crippen LogP contribution >= 0.6 is 11.3 Å². The number of anilines is 1. The standard InChI is InChI=1S/C20H25NO4S/c1-7-24-20(23)18-14(5)15(6)26-19(18)21-17(22)10-25-16-9-11(2)8-12(3)13(16)4/h8-9H,7,10H2,1-6H3,(H,21,22). The Morgan fingerprint density at radius 1 is 1.08 bits per heavy atom. The normalized spacial score (nSPS) is 10.5. The van der Waals surface area contributed by atoms with Gasteiger partial charge < -0.3 is 14.8 Å². The summed E-state index contributed by atoms with van der Waals surface area (Å²) in [6.45, 7) is 11.6. The smallest absolute Gasteiger partial charge is 0.341 e. The molecule has 1 heterocycles. The SMILES string of the molecule is CCOC(=O)c1c(NC(=O)COc2cc(C)cc(C)c2C)sc(C)c1C. The Morgan fingerprint density at radius 2 is 1.77 bits per heavy atom. The molecule has 0 saturated heterocycles. The number of esters is 1. The minimum Gasteiger partial charge on any atom is -0.483 e. The number of hydrogen-bond acceptors (Lipinski definition) is 5. The largest absolute Gasteiger partial charge is 0.483 e. The molecule has 0 atom stereocenters. The van der Waals surface area contributed by atoms with Crippen LogP contribution in [0.3, 0.4) is 0 Å². The number of carbonyl (C=O) groups is 2. The number of hydrogen-bond donors (Lipinski definition) is 1. The minimum absolute atomic E-state index is 0.123. The van der Waals surface area contributed by atoms with Crippen molar-refractivity contribution in [1.29, 1.82) is 0 Å². The Bertz CT molecular complexity index is 839. The summed E-state index contributed by atoms with van der Waals surface area (Å²) in [6, 6.07) is 3.99. The Kier molecular flexibility index (Phi) is 6.42. The second-order valence-corrected chi connectivity index (χ2v) is 7.47. The Balaban J connectivity index is 2.12. The Hall–Kier alpha value is -2.34. The van der Waals surface area contributed by atoms with Crippen LogP contribution in [0.25, 0.3) is 0 Å². The summed E-state index contributed by atoms with van der Waals surface area (Å²) in [7, 11) is 0. The number of carbonyl (C=O) groups excluding carboxylic acids is 2. The molecule has 0 aliphatic rings. The zero-order valence-electron chi connectivity index (χ0n) is 16.1. The molecule has 6 heteroatoms. The molecule has 1 N–H and O–H groups in total. The number of aryl methyl sites for hydroxylation is 3. The van der Waals surface area contributed by atoms with Gasteiger partial charge in [-0.25, -0.2) is 4.79 Å². The van der Waals surface area contributed by atoms with Crippen molar-refractivity contribution in [2.45, 2.75) is 41.5 Å². The van der Waals surface area contributed by atoms with Crippen molar-refractivity contribution in [2.24, 2.45) is 0 Å². The summed E-state index contributed by atoms with van der Waals surface area (Å²) in [4.78, 5) is 25.5. The second-order valence-electron chi connectivity index (χ2n) is 6.25. The second kappa shape index (κ2) is 8.36. The summed E-state index contributed by atoms with van der Waals surface area (Å²) in [5.41, 5.74) is 4.46. The maximum atomic E-state index is 12.3. The lowest BCUT2D eigenvalue weighted by molar-refractivity contribution is -0.118. The monoisotopic (exact) mass is 375 g/mol. The van der Waals surface area contributed by atoms with Gasteiger partial charge in [0, 0.05) is 4.88 Å². The minimum atomic E-state index is -0.421. The van der Waals surface area contributed by atoms with Crippen LogP contribution in [-0.2, 0) is 9.53 Å². The van der Waals surface area contributed by atoms with E-state index in [0.717, 1.165) is 27.1 Å². The molecule has 0 spiro atoms. The first-order valence-corrected chi connectivity index (χ1v) is 9.33. The zero-order chi connectivity index (χ0) is 19.4. The van der Waals surface area contributed by atoms with E-state index in [1.54, 1.807) is 6.92 Å². The van der Waals surface area contributed by atoms with Crippen LogP contribution in [0.4, 0.5) is 5.00 Å². The first-order chi connectivity index (χ1) is 12.2. The average Bonchev–Trinajstić information content (AvgIpc) is 2.83. The van der Waals surface area contributed by atoms with Crippen LogP contribution < -0.4 is 10.1 Å². The van der Waals surface area contributed by atoms with E-state index >= 15 is 0 Å². The summed E-state index contributed by atoms with van der Waals surface area (Å²) >= 11 is 1.36. The molecule has 0 radical (unpaired) electrons. The zero-order valence-corrected chi connectivity index (χ0v) is 16.9. The van der Waals surface area contributed by atoms with Gasteiger partial charge in [0.05, 0.1) is 12.2 Å². The number of rotatable bonds is 6. The van der Waals surface area contributed by atoms with Crippen LogP contribution in [0.2, 0.25) is 0 Å². The first kappa shape index (κ1) is 20.0. The van der Waals surface area contributed by atoms with Crippen LogP contribution in [0, 0.1) is 34.6 Å². The number of amides is 1. The van der Waals surface area contributed by atoms with E-state index in [1.165, 1.54) is 11.3 Å². The van der Waals surface area contributed by atoms with Gasteiger partial charge in [-0.3, -0.25) is 4.79 Å². The summed E-state index contributed by atoms with van der Waals surface area (Å²) in [6.07, 6.45) is 0. The van der Waals surface area contributed by atoms with Gasteiger partial charge in [-0.2, -0.15) is 0 Å². The molecule has 0 aliphatic carbocycles. The van der Waals surface area contributed by atoms with Crippen molar-refractivity contribution in [3.63, 3.8) is 0 Å². The van der Waals surface area contributed by atoms with Crippen LogP contribution in [0.1, 0.15) is 44.4 Å².